The Labute approximate surface area is 158 Å². The smallest absolute Gasteiger partial charge is 0.310 e. The molecular weight excluding hydrogens is 362 g/mol. The van der Waals surface area contributed by atoms with Gasteiger partial charge in [-0.1, -0.05) is 41.6 Å². The summed E-state index contributed by atoms with van der Waals surface area (Å²) >= 11 is 0. The molecule has 28 heavy (non-hydrogen) atoms. The van der Waals surface area contributed by atoms with Crippen LogP contribution in [0.25, 0.3) is 22.4 Å². The largest absolute Gasteiger partial charge is 0.490 e. The van der Waals surface area contributed by atoms with Crippen molar-refractivity contribution in [2.45, 2.75) is 6.54 Å². The van der Waals surface area contributed by atoms with E-state index in [0.717, 1.165) is 11.1 Å². The van der Waals surface area contributed by atoms with E-state index in [2.05, 4.69) is 20.3 Å². The van der Waals surface area contributed by atoms with Crippen molar-refractivity contribution in [1.29, 1.82) is 0 Å². The van der Waals surface area contributed by atoms with Crippen molar-refractivity contribution >= 4 is 22.8 Å². The van der Waals surface area contributed by atoms with Crippen LogP contribution in [0.1, 0.15) is 5.56 Å². The summed E-state index contributed by atoms with van der Waals surface area (Å²) < 4.78 is 6.69. The van der Waals surface area contributed by atoms with E-state index in [1.807, 2.05) is 30.3 Å². The maximum Gasteiger partial charge on any atom is 0.310 e. The molecule has 0 saturated carbocycles. The minimum Gasteiger partial charge on any atom is -0.490 e. The predicted octanol–water partition coefficient (Wildman–Crippen LogP) is 2.44. The average Bonchev–Trinajstić information content (AvgIpc) is 3.10. The quantitative estimate of drug-likeness (QED) is 0.414. The highest BCUT2D eigenvalue weighted by Crippen LogP contribution is 2.29. The molecule has 0 aliphatic carbocycles. The van der Waals surface area contributed by atoms with Crippen LogP contribution in [-0.4, -0.2) is 37.0 Å². The van der Waals surface area contributed by atoms with Gasteiger partial charge in [0.05, 0.1) is 18.6 Å². The summed E-state index contributed by atoms with van der Waals surface area (Å²) in [5, 5.41) is 19.4. The number of methoxy groups -OCH3 is 1. The Bertz CT molecular complexity index is 1170. The first-order valence-corrected chi connectivity index (χ1v) is 8.30. The van der Waals surface area contributed by atoms with E-state index in [1.165, 1.54) is 13.2 Å². The van der Waals surface area contributed by atoms with Crippen molar-refractivity contribution < 1.29 is 9.66 Å². The molecule has 0 spiro atoms. The molecule has 0 fully saturated rings. The minimum absolute atomic E-state index is 0.104. The lowest BCUT2D eigenvalue weighted by Gasteiger charge is -2.07. The van der Waals surface area contributed by atoms with Gasteiger partial charge in [-0.25, -0.2) is 9.67 Å². The van der Waals surface area contributed by atoms with Crippen LogP contribution in [0.5, 0.6) is 5.75 Å². The number of benzene rings is 2. The first kappa shape index (κ1) is 17.3. The van der Waals surface area contributed by atoms with Crippen LogP contribution in [0, 0.1) is 10.1 Å². The Morgan fingerprint density at radius 3 is 2.68 bits per heavy atom. The number of anilines is 1. The van der Waals surface area contributed by atoms with E-state index in [0.29, 0.717) is 16.9 Å². The second kappa shape index (κ2) is 6.91. The second-order valence-corrected chi connectivity index (χ2v) is 5.98. The highest BCUT2D eigenvalue weighted by molar-refractivity contribution is 5.87. The first-order valence-electron chi connectivity index (χ1n) is 8.30. The summed E-state index contributed by atoms with van der Waals surface area (Å²) in [6, 6.07) is 14.1. The first-order chi connectivity index (χ1) is 13.6. The van der Waals surface area contributed by atoms with E-state index in [-0.39, 0.29) is 23.9 Å². The predicted molar refractivity (Wildman–Crippen MR) is 102 cm³/mol. The average molecular weight is 377 g/mol. The molecule has 140 valence electrons. The lowest BCUT2D eigenvalue weighted by molar-refractivity contribution is -0.385. The van der Waals surface area contributed by atoms with Gasteiger partial charge in [-0.05, 0) is 11.6 Å². The van der Waals surface area contributed by atoms with E-state index in [4.69, 9.17) is 10.5 Å². The van der Waals surface area contributed by atoms with Gasteiger partial charge in [0.1, 0.15) is 5.69 Å². The van der Waals surface area contributed by atoms with Crippen LogP contribution in [-0.2, 0) is 6.54 Å². The number of fused-ring (bicyclic) bond motifs is 1. The molecule has 2 aromatic carbocycles. The van der Waals surface area contributed by atoms with Gasteiger partial charge in [0.2, 0.25) is 5.95 Å². The van der Waals surface area contributed by atoms with E-state index in [1.54, 1.807) is 16.8 Å². The Balaban J connectivity index is 1.77. The monoisotopic (exact) mass is 377 g/mol. The molecule has 0 bridgehead atoms. The van der Waals surface area contributed by atoms with Crippen molar-refractivity contribution in [1.82, 2.24) is 25.0 Å². The summed E-state index contributed by atoms with van der Waals surface area (Å²) in [6.45, 7) is 0.287. The van der Waals surface area contributed by atoms with Crippen molar-refractivity contribution in [2.24, 2.45) is 0 Å². The van der Waals surface area contributed by atoms with Crippen LogP contribution in [0.3, 0.4) is 0 Å². The second-order valence-electron chi connectivity index (χ2n) is 5.98. The number of nitrogens with two attached hydrogens (primary N) is 1. The number of hydrogen-bond donors (Lipinski definition) is 1. The molecule has 0 radical (unpaired) electrons. The Kier molecular flexibility index (Phi) is 4.28. The molecule has 2 N–H and O–H groups in total. The molecule has 10 nitrogen and oxygen atoms in total. The van der Waals surface area contributed by atoms with Gasteiger partial charge < -0.3 is 10.5 Å². The molecule has 0 aliphatic rings. The Hall–Kier alpha value is -4.08. The zero-order valence-electron chi connectivity index (χ0n) is 14.8. The lowest BCUT2D eigenvalue weighted by Crippen LogP contribution is -2.06. The summed E-state index contributed by atoms with van der Waals surface area (Å²) in [7, 11) is 1.39. The molecule has 0 amide bonds. The molecule has 0 aliphatic heterocycles. The zero-order valence-corrected chi connectivity index (χ0v) is 14.8. The van der Waals surface area contributed by atoms with E-state index >= 15 is 0 Å². The summed E-state index contributed by atoms with van der Waals surface area (Å²) in [5.41, 5.74) is 8.98. The van der Waals surface area contributed by atoms with Crippen LogP contribution >= 0.6 is 0 Å². The Morgan fingerprint density at radius 1 is 1.18 bits per heavy atom. The van der Waals surface area contributed by atoms with Crippen molar-refractivity contribution in [3.8, 4) is 17.0 Å². The van der Waals surface area contributed by atoms with Crippen LogP contribution in [0.2, 0.25) is 0 Å². The van der Waals surface area contributed by atoms with Gasteiger partial charge in [-0.15, -0.1) is 5.10 Å². The van der Waals surface area contributed by atoms with Gasteiger partial charge in [0.15, 0.2) is 16.9 Å². The highest BCUT2D eigenvalue weighted by atomic mass is 16.6. The number of rotatable bonds is 5. The van der Waals surface area contributed by atoms with Gasteiger partial charge >= 0.3 is 5.69 Å². The molecule has 4 aromatic rings. The fourth-order valence-corrected chi connectivity index (χ4v) is 2.92. The zero-order chi connectivity index (χ0) is 19.7. The third-order valence-electron chi connectivity index (χ3n) is 4.20. The third-order valence-corrected chi connectivity index (χ3v) is 4.20. The third kappa shape index (κ3) is 3.07. The van der Waals surface area contributed by atoms with E-state index < -0.39 is 4.92 Å². The fraction of sp³-hybridized carbons (Fsp3) is 0.111. The summed E-state index contributed by atoms with van der Waals surface area (Å²) in [5.74, 6) is 0.280. The van der Waals surface area contributed by atoms with Gasteiger partial charge in [-0.2, -0.15) is 4.98 Å². The molecule has 0 atom stereocenters. The molecule has 10 heteroatoms. The van der Waals surface area contributed by atoms with E-state index in [9.17, 15) is 10.1 Å². The standard InChI is InChI=1S/C18H15N7O3/c1-28-14-9-11(7-8-13(14)25(26)27)10-24-17-16(22-23-24)15(20-18(19)21-17)12-5-3-2-4-6-12/h2-9H,10H2,1H3,(H2,19,20,21). The number of hydrogen-bond acceptors (Lipinski definition) is 8. The lowest BCUT2D eigenvalue weighted by atomic mass is 10.1. The Morgan fingerprint density at radius 2 is 1.96 bits per heavy atom. The van der Waals surface area contributed by atoms with Crippen LogP contribution in [0.15, 0.2) is 48.5 Å². The number of ether oxygens (including phenoxy) is 1. The maximum absolute atomic E-state index is 11.1. The summed E-state index contributed by atoms with van der Waals surface area (Å²) in [4.78, 5) is 19.1. The fourth-order valence-electron chi connectivity index (χ4n) is 2.92. The van der Waals surface area contributed by atoms with Gasteiger partial charge in [-0.3, -0.25) is 10.1 Å². The normalized spacial score (nSPS) is 10.9. The number of nitrogens with zero attached hydrogens (tertiary/aromatic N) is 6. The number of aromatic nitrogens is 5. The topological polar surface area (TPSA) is 135 Å². The van der Waals surface area contributed by atoms with Crippen molar-refractivity contribution in [2.75, 3.05) is 12.8 Å². The molecule has 2 aromatic heterocycles. The SMILES string of the molecule is COc1cc(Cn2nnc3c(-c4ccccc4)nc(N)nc32)ccc1[N+](=O)[O-]. The molecule has 4 rings (SSSR count). The molecule has 0 unspecified atom stereocenters. The van der Waals surface area contributed by atoms with Crippen molar-refractivity contribution in [3.05, 3.63) is 64.2 Å². The maximum atomic E-state index is 11.1. The molecule has 0 saturated heterocycles. The minimum atomic E-state index is -0.493. The molecular formula is C18H15N7O3. The van der Waals surface area contributed by atoms with Gasteiger partial charge in [0, 0.05) is 11.6 Å². The summed E-state index contributed by atoms with van der Waals surface area (Å²) in [6.07, 6.45) is 0. The number of nitrogen functional groups attached to an aromatic ring is 1. The number of nitro benzene ring substituents is 1. The highest BCUT2D eigenvalue weighted by Gasteiger charge is 2.18. The van der Waals surface area contributed by atoms with Crippen LogP contribution < -0.4 is 10.5 Å². The van der Waals surface area contributed by atoms with Crippen molar-refractivity contribution in [3.63, 3.8) is 0 Å². The number of nitro groups is 1. The molecule has 2 heterocycles. The van der Waals surface area contributed by atoms with Gasteiger partial charge in [0.25, 0.3) is 0 Å². The van der Waals surface area contributed by atoms with Crippen LogP contribution in [0.4, 0.5) is 11.6 Å².